The highest BCUT2D eigenvalue weighted by Gasteiger charge is 2.62. The first kappa shape index (κ1) is 42.8. The summed E-state index contributed by atoms with van der Waals surface area (Å²) in [7, 11) is -2.47. The SMILES string of the molecule is COc1ccc2c(O[C@@H]3C[C@H]4C(=O)NC5(C(=O)NS(=O)(=O)C6CC6)CC5/C=C\CCCCC[C@H](CC(=O)N5CCCC(F)(F)C5)C(=O)N4C3)cc(-c3ccccn3)nc2c1Cl. The van der Waals surface area contributed by atoms with Crippen LogP contribution in [0.4, 0.5) is 8.78 Å². The Hall–Kier alpha value is -4.90. The monoisotopic (exact) mass is 882 g/mol. The number of amides is 4. The molecule has 18 heteroatoms. The van der Waals surface area contributed by atoms with Crippen molar-refractivity contribution in [3.8, 4) is 22.9 Å². The summed E-state index contributed by atoms with van der Waals surface area (Å²) in [5, 5.41) is 2.95. The number of pyridine rings is 2. The van der Waals surface area contributed by atoms with Crippen LogP contribution >= 0.6 is 11.6 Å². The lowest BCUT2D eigenvalue weighted by Gasteiger charge is -2.34. The summed E-state index contributed by atoms with van der Waals surface area (Å²) in [4.78, 5) is 68.7. The lowest BCUT2D eigenvalue weighted by molar-refractivity contribution is -0.148. The van der Waals surface area contributed by atoms with E-state index < -0.39 is 80.9 Å². The van der Waals surface area contributed by atoms with Crippen LogP contribution in [0.3, 0.4) is 0 Å². The average Bonchev–Trinajstić information content (AvgIpc) is 4.16. The van der Waals surface area contributed by atoms with E-state index in [-0.39, 0.29) is 56.6 Å². The highest BCUT2D eigenvalue weighted by atomic mass is 35.5. The molecule has 5 heterocycles. The van der Waals surface area contributed by atoms with Gasteiger partial charge in [-0.1, -0.05) is 42.7 Å². The molecule has 0 bridgehead atoms. The fourth-order valence-corrected chi connectivity index (χ4v) is 10.4. The molecule has 2 aliphatic carbocycles. The molecule has 14 nitrogen and oxygen atoms in total. The van der Waals surface area contributed by atoms with Crippen LogP contribution in [0.1, 0.15) is 77.0 Å². The molecule has 5 atom stereocenters. The van der Waals surface area contributed by atoms with E-state index in [4.69, 9.17) is 26.1 Å². The highest BCUT2D eigenvalue weighted by Crippen LogP contribution is 2.46. The molecule has 2 unspecified atom stereocenters. The van der Waals surface area contributed by atoms with Crippen LogP contribution in [0.5, 0.6) is 11.5 Å². The van der Waals surface area contributed by atoms with E-state index >= 15 is 0 Å². The average molecular weight is 883 g/mol. The van der Waals surface area contributed by atoms with E-state index in [1.54, 1.807) is 42.6 Å². The van der Waals surface area contributed by atoms with Crippen molar-refractivity contribution in [2.24, 2.45) is 11.8 Å². The van der Waals surface area contributed by atoms with Gasteiger partial charge in [-0.3, -0.25) is 28.9 Å². The Bertz CT molecular complexity index is 2350. The van der Waals surface area contributed by atoms with E-state index in [0.717, 1.165) is 11.3 Å². The number of carbonyl (C=O) groups is 4. The highest BCUT2D eigenvalue weighted by molar-refractivity contribution is 7.91. The van der Waals surface area contributed by atoms with Crippen molar-refractivity contribution in [1.29, 1.82) is 0 Å². The normalized spacial score (nSPS) is 27.5. The minimum atomic E-state index is -3.95. The Labute approximate surface area is 357 Å². The maximum absolute atomic E-state index is 14.8. The second-order valence-electron chi connectivity index (χ2n) is 16.9. The fourth-order valence-electron chi connectivity index (χ4n) is 8.79. The number of nitrogens with one attached hydrogen (secondary N) is 2. The Morgan fingerprint density at radius 1 is 1.05 bits per heavy atom. The van der Waals surface area contributed by atoms with Crippen molar-refractivity contribution >= 4 is 56.2 Å². The molecule has 1 aromatic carbocycles. The fraction of sp³-hybridized carbons (Fsp3) is 0.535. The minimum absolute atomic E-state index is 0.0399. The topological polar surface area (TPSA) is 177 Å². The first-order valence-electron chi connectivity index (χ1n) is 20.9. The maximum atomic E-state index is 14.8. The van der Waals surface area contributed by atoms with Crippen LogP contribution < -0.4 is 19.5 Å². The third kappa shape index (κ3) is 9.18. The molecule has 0 radical (unpaired) electrons. The zero-order valence-electron chi connectivity index (χ0n) is 33.8. The van der Waals surface area contributed by atoms with Crippen LogP contribution in [-0.4, -0.2) is 107 Å². The zero-order valence-corrected chi connectivity index (χ0v) is 35.4. The van der Waals surface area contributed by atoms with Gasteiger partial charge in [-0.25, -0.2) is 22.2 Å². The number of likely N-dealkylation sites (tertiary alicyclic amines) is 1. The molecule has 5 aliphatic rings. The van der Waals surface area contributed by atoms with Crippen molar-refractivity contribution in [3.63, 3.8) is 0 Å². The lowest BCUT2D eigenvalue weighted by atomic mass is 9.94. The van der Waals surface area contributed by atoms with Gasteiger partial charge >= 0.3 is 0 Å². The van der Waals surface area contributed by atoms with E-state index in [9.17, 15) is 36.4 Å². The molecule has 2 N–H and O–H groups in total. The second-order valence-corrected chi connectivity index (χ2v) is 19.2. The van der Waals surface area contributed by atoms with Crippen molar-refractivity contribution < 1.29 is 45.9 Å². The summed E-state index contributed by atoms with van der Waals surface area (Å²) in [5.41, 5.74) is -0.248. The van der Waals surface area contributed by atoms with E-state index in [2.05, 4.69) is 15.0 Å². The number of piperidine rings is 1. The number of aromatic nitrogens is 2. The van der Waals surface area contributed by atoms with Crippen LogP contribution in [0.2, 0.25) is 5.02 Å². The number of carbonyl (C=O) groups excluding carboxylic acids is 4. The molecular formula is C43H49ClF2N6O8S. The summed E-state index contributed by atoms with van der Waals surface area (Å²) >= 11 is 6.78. The van der Waals surface area contributed by atoms with E-state index in [1.807, 2.05) is 12.2 Å². The summed E-state index contributed by atoms with van der Waals surface area (Å²) in [6, 6.07) is 9.24. The molecule has 3 aliphatic heterocycles. The summed E-state index contributed by atoms with van der Waals surface area (Å²) in [6.07, 6.45) is 7.96. The van der Waals surface area contributed by atoms with Gasteiger partial charge in [-0.2, -0.15) is 0 Å². The van der Waals surface area contributed by atoms with Gasteiger partial charge in [0.1, 0.15) is 34.2 Å². The summed E-state index contributed by atoms with van der Waals surface area (Å²) in [5.74, 6) is -6.33. The Kier molecular flexibility index (Phi) is 12.0. The summed E-state index contributed by atoms with van der Waals surface area (Å²) < 4.78 is 69.1. The molecule has 4 fully saturated rings. The number of methoxy groups -OCH3 is 1. The van der Waals surface area contributed by atoms with E-state index in [1.165, 1.54) is 12.0 Å². The van der Waals surface area contributed by atoms with Crippen molar-refractivity contribution in [1.82, 2.24) is 29.8 Å². The van der Waals surface area contributed by atoms with Crippen molar-refractivity contribution in [3.05, 3.63) is 59.8 Å². The second kappa shape index (κ2) is 17.1. The van der Waals surface area contributed by atoms with Gasteiger partial charge in [0.25, 0.3) is 11.8 Å². The van der Waals surface area contributed by atoms with Gasteiger partial charge in [0.05, 0.1) is 42.4 Å². The molecule has 8 rings (SSSR count). The number of nitrogens with zero attached hydrogens (tertiary/aromatic N) is 4. The number of ether oxygens (including phenoxy) is 2. The first-order chi connectivity index (χ1) is 29.2. The molecule has 0 spiro atoms. The van der Waals surface area contributed by atoms with Gasteiger partial charge in [0.15, 0.2) is 0 Å². The van der Waals surface area contributed by atoms with Crippen molar-refractivity contribution in [2.45, 2.75) is 106 Å². The molecule has 2 saturated carbocycles. The van der Waals surface area contributed by atoms with Crippen LogP contribution in [-0.2, 0) is 29.2 Å². The molecule has 2 saturated heterocycles. The molecule has 2 aromatic heterocycles. The maximum Gasteiger partial charge on any atom is 0.265 e. The Morgan fingerprint density at radius 2 is 1.87 bits per heavy atom. The number of hydrogen-bond donors (Lipinski definition) is 2. The van der Waals surface area contributed by atoms with Crippen LogP contribution in [0, 0.1) is 11.8 Å². The zero-order chi connectivity index (χ0) is 43.1. The number of benzene rings is 1. The number of sulfonamides is 1. The largest absolute Gasteiger partial charge is 0.495 e. The third-order valence-electron chi connectivity index (χ3n) is 12.4. The first-order valence-corrected chi connectivity index (χ1v) is 22.9. The van der Waals surface area contributed by atoms with Gasteiger partial charge in [0, 0.05) is 55.3 Å². The molecule has 326 valence electrons. The molecule has 4 amide bonds. The van der Waals surface area contributed by atoms with Crippen molar-refractivity contribution in [2.75, 3.05) is 26.7 Å². The Balaban J connectivity index is 1.14. The van der Waals surface area contributed by atoms with Gasteiger partial charge in [-0.15, -0.1) is 0 Å². The number of hydrogen-bond acceptors (Lipinski definition) is 10. The Morgan fingerprint density at radius 3 is 2.61 bits per heavy atom. The molecule has 61 heavy (non-hydrogen) atoms. The van der Waals surface area contributed by atoms with Gasteiger partial charge in [-0.05, 0) is 69.2 Å². The predicted octanol–water partition coefficient (Wildman–Crippen LogP) is 5.57. The van der Waals surface area contributed by atoms with Crippen LogP contribution in [0.15, 0.2) is 54.7 Å². The summed E-state index contributed by atoms with van der Waals surface area (Å²) in [6.45, 7) is -0.666. The smallest absolute Gasteiger partial charge is 0.265 e. The number of alkyl halides is 2. The number of fused-ring (bicyclic) bond motifs is 3. The molecular weight excluding hydrogens is 834 g/mol. The predicted molar refractivity (Wildman–Crippen MR) is 221 cm³/mol. The van der Waals surface area contributed by atoms with Crippen LogP contribution in [0.25, 0.3) is 22.3 Å². The third-order valence-corrected chi connectivity index (χ3v) is 14.6. The van der Waals surface area contributed by atoms with Gasteiger partial charge < -0.3 is 24.6 Å². The molecule has 3 aromatic rings. The number of allylic oxidation sites excluding steroid dienone is 1. The van der Waals surface area contributed by atoms with Gasteiger partial charge in [0.2, 0.25) is 27.7 Å². The minimum Gasteiger partial charge on any atom is -0.495 e. The lowest BCUT2D eigenvalue weighted by Crippen LogP contribution is -2.57. The number of halogens is 3. The van der Waals surface area contributed by atoms with E-state index in [0.29, 0.717) is 65.9 Å². The standard InChI is InChI=1S/C43H49ClF2N6O8S/c1-59-34-16-15-30-35(22-32(48-38(30)37(34)44)31-12-7-8-18-47-31)60-28-21-33-39(54)49-43(41(56)50-61(57,58)29-13-14-29)23-27(43)11-6-4-2-3-5-10-26(40(55)52(33)24-28)20-36(53)51-19-9-17-42(45,46)25-51/h6-8,11-12,15-16,18,22,26-29,33H,2-5,9-10,13-14,17,19-21,23-25H2,1H3,(H,49,54)(H,50,56)/b11-6-/t26-,27?,28-,33+,43?/m1/s1. The number of rotatable bonds is 9. The quantitative estimate of drug-likeness (QED) is 0.258.